The van der Waals surface area contributed by atoms with Gasteiger partial charge in [-0.2, -0.15) is 0 Å². The van der Waals surface area contributed by atoms with Crippen molar-refractivity contribution in [1.82, 2.24) is 5.32 Å². The van der Waals surface area contributed by atoms with Crippen molar-refractivity contribution in [2.45, 2.75) is 19.0 Å². The van der Waals surface area contributed by atoms with Gasteiger partial charge in [-0.3, -0.25) is 0 Å². The molecule has 106 valence electrons. The molecule has 1 aliphatic rings. The minimum absolute atomic E-state index is 0.00386. The van der Waals surface area contributed by atoms with Crippen LogP contribution in [0.3, 0.4) is 0 Å². The minimum Gasteiger partial charge on any atom is -0.394 e. The third-order valence-electron chi connectivity index (χ3n) is 3.64. The summed E-state index contributed by atoms with van der Waals surface area (Å²) in [7, 11) is 1.81. The Morgan fingerprint density at radius 2 is 2.37 bits per heavy atom. The van der Waals surface area contributed by atoms with Crippen molar-refractivity contribution in [2.75, 3.05) is 38.3 Å². The number of nitrogens with zero attached hydrogens (tertiary/aromatic N) is 1. The first-order valence-electron chi connectivity index (χ1n) is 6.60. The highest BCUT2D eigenvalue weighted by Gasteiger charge is 2.26. The van der Waals surface area contributed by atoms with E-state index in [0.29, 0.717) is 25.3 Å². The molecule has 0 saturated carbocycles. The van der Waals surface area contributed by atoms with Gasteiger partial charge in [0, 0.05) is 23.8 Å². The molecule has 0 spiro atoms. The van der Waals surface area contributed by atoms with Crippen LogP contribution in [-0.2, 0) is 4.74 Å². The van der Waals surface area contributed by atoms with E-state index in [-0.39, 0.29) is 24.5 Å². The third-order valence-corrected chi connectivity index (χ3v) is 3.64. The number of ether oxygens (including phenoxy) is 1. The lowest BCUT2D eigenvalue weighted by Crippen LogP contribution is -2.48. The molecular formula is C14H21FN2O2. The topological polar surface area (TPSA) is 44.7 Å². The van der Waals surface area contributed by atoms with Crippen LogP contribution in [0.5, 0.6) is 0 Å². The number of benzene rings is 1. The fraction of sp³-hybridized carbons (Fsp3) is 0.571. The van der Waals surface area contributed by atoms with E-state index in [1.165, 1.54) is 6.07 Å². The van der Waals surface area contributed by atoms with E-state index in [1.54, 1.807) is 6.07 Å². The molecule has 0 aromatic heterocycles. The smallest absolute Gasteiger partial charge is 0.130 e. The van der Waals surface area contributed by atoms with Crippen molar-refractivity contribution in [3.05, 3.63) is 29.6 Å². The molecule has 1 fully saturated rings. The van der Waals surface area contributed by atoms with Crippen molar-refractivity contribution in [1.29, 1.82) is 0 Å². The van der Waals surface area contributed by atoms with Crippen LogP contribution in [0.1, 0.15) is 18.5 Å². The van der Waals surface area contributed by atoms with Gasteiger partial charge in [-0.05, 0) is 26.1 Å². The maximum absolute atomic E-state index is 14.1. The van der Waals surface area contributed by atoms with Gasteiger partial charge in [0.1, 0.15) is 5.82 Å². The highest BCUT2D eigenvalue weighted by molar-refractivity contribution is 5.56. The van der Waals surface area contributed by atoms with Crippen LogP contribution in [0, 0.1) is 5.82 Å². The van der Waals surface area contributed by atoms with E-state index < -0.39 is 0 Å². The van der Waals surface area contributed by atoms with Gasteiger partial charge in [0.05, 0.1) is 25.9 Å². The number of hydrogen-bond donors (Lipinski definition) is 2. The molecule has 2 N–H and O–H groups in total. The molecule has 1 aromatic carbocycles. The molecule has 2 atom stereocenters. The molecule has 1 heterocycles. The van der Waals surface area contributed by atoms with Crippen LogP contribution < -0.4 is 10.2 Å². The summed E-state index contributed by atoms with van der Waals surface area (Å²) >= 11 is 0. The molecule has 4 nitrogen and oxygen atoms in total. The SMILES string of the molecule is CNC(C)c1c(F)cccc1N1CCOCC1CO. The number of hydrogen-bond acceptors (Lipinski definition) is 4. The van der Waals surface area contributed by atoms with Gasteiger partial charge in [0.15, 0.2) is 0 Å². The van der Waals surface area contributed by atoms with Crippen molar-refractivity contribution < 1.29 is 14.2 Å². The van der Waals surface area contributed by atoms with Gasteiger partial charge < -0.3 is 20.1 Å². The fourth-order valence-corrected chi connectivity index (χ4v) is 2.47. The molecule has 19 heavy (non-hydrogen) atoms. The molecule has 2 unspecified atom stereocenters. The number of nitrogens with one attached hydrogen (secondary N) is 1. The zero-order valence-electron chi connectivity index (χ0n) is 11.4. The van der Waals surface area contributed by atoms with Gasteiger partial charge in [-0.25, -0.2) is 4.39 Å². The monoisotopic (exact) mass is 268 g/mol. The molecular weight excluding hydrogens is 247 g/mol. The lowest BCUT2D eigenvalue weighted by Gasteiger charge is -2.38. The second-order valence-electron chi connectivity index (χ2n) is 4.79. The summed E-state index contributed by atoms with van der Waals surface area (Å²) in [5, 5.41) is 12.5. The number of aliphatic hydroxyl groups is 1. The third kappa shape index (κ3) is 2.88. The van der Waals surface area contributed by atoms with Crippen molar-refractivity contribution in [2.24, 2.45) is 0 Å². The van der Waals surface area contributed by atoms with Gasteiger partial charge in [0.25, 0.3) is 0 Å². The summed E-state index contributed by atoms with van der Waals surface area (Å²) in [6.45, 7) is 3.67. The van der Waals surface area contributed by atoms with E-state index >= 15 is 0 Å². The highest BCUT2D eigenvalue weighted by Crippen LogP contribution is 2.31. The van der Waals surface area contributed by atoms with E-state index in [1.807, 2.05) is 24.9 Å². The summed E-state index contributed by atoms with van der Waals surface area (Å²) in [5.41, 5.74) is 1.48. The van der Waals surface area contributed by atoms with Crippen molar-refractivity contribution in [3.63, 3.8) is 0 Å². The van der Waals surface area contributed by atoms with Crippen LogP contribution in [0.4, 0.5) is 10.1 Å². The summed E-state index contributed by atoms with van der Waals surface area (Å²) in [6, 6.07) is 4.89. The number of rotatable bonds is 4. The maximum Gasteiger partial charge on any atom is 0.130 e. The standard InChI is InChI=1S/C14H21FN2O2/c1-10(16-2)14-12(15)4-3-5-13(14)17-6-7-19-9-11(17)8-18/h3-5,10-11,16,18H,6-9H2,1-2H3. The molecule has 0 bridgehead atoms. The number of morpholine rings is 1. The van der Waals surface area contributed by atoms with E-state index in [9.17, 15) is 9.50 Å². The van der Waals surface area contributed by atoms with Crippen molar-refractivity contribution >= 4 is 5.69 Å². The first-order chi connectivity index (χ1) is 9.19. The normalized spacial score (nSPS) is 21.5. The van der Waals surface area contributed by atoms with Crippen LogP contribution in [0.15, 0.2) is 18.2 Å². The van der Waals surface area contributed by atoms with Gasteiger partial charge in [0.2, 0.25) is 0 Å². The maximum atomic E-state index is 14.1. The fourth-order valence-electron chi connectivity index (χ4n) is 2.47. The Morgan fingerprint density at radius 3 is 3.05 bits per heavy atom. The molecule has 2 rings (SSSR count). The summed E-state index contributed by atoms with van der Waals surface area (Å²) in [5.74, 6) is -0.220. The minimum atomic E-state index is -0.220. The predicted molar refractivity (Wildman–Crippen MR) is 72.9 cm³/mol. The van der Waals surface area contributed by atoms with Crippen LogP contribution in [-0.4, -0.2) is 44.6 Å². The van der Waals surface area contributed by atoms with Crippen LogP contribution >= 0.6 is 0 Å². The van der Waals surface area contributed by atoms with E-state index in [2.05, 4.69) is 5.32 Å². The quantitative estimate of drug-likeness (QED) is 0.864. The molecule has 1 saturated heterocycles. The lowest BCUT2D eigenvalue weighted by molar-refractivity contribution is 0.0725. The second-order valence-corrected chi connectivity index (χ2v) is 4.79. The van der Waals surface area contributed by atoms with Gasteiger partial charge in [-0.1, -0.05) is 6.07 Å². The Hall–Kier alpha value is -1.17. The Labute approximate surface area is 113 Å². The van der Waals surface area contributed by atoms with Gasteiger partial charge >= 0.3 is 0 Å². The van der Waals surface area contributed by atoms with Crippen LogP contribution in [0.2, 0.25) is 0 Å². The first kappa shape index (κ1) is 14.2. The molecule has 0 aliphatic carbocycles. The van der Waals surface area contributed by atoms with E-state index in [0.717, 1.165) is 5.69 Å². The molecule has 5 heteroatoms. The van der Waals surface area contributed by atoms with Crippen molar-refractivity contribution in [3.8, 4) is 0 Å². The second kappa shape index (κ2) is 6.32. The highest BCUT2D eigenvalue weighted by atomic mass is 19.1. The average Bonchev–Trinajstić information content (AvgIpc) is 2.46. The Balaban J connectivity index is 2.40. The Morgan fingerprint density at radius 1 is 1.58 bits per heavy atom. The largest absolute Gasteiger partial charge is 0.394 e. The Bertz CT molecular complexity index is 428. The number of anilines is 1. The molecule has 1 aliphatic heterocycles. The molecule has 0 radical (unpaired) electrons. The molecule has 0 amide bonds. The lowest BCUT2D eigenvalue weighted by atomic mass is 10.0. The summed E-state index contributed by atoms with van der Waals surface area (Å²) in [6.07, 6.45) is 0. The molecule has 1 aromatic rings. The number of halogens is 1. The predicted octanol–water partition coefficient (Wildman–Crippen LogP) is 1.30. The van der Waals surface area contributed by atoms with Gasteiger partial charge in [-0.15, -0.1) is 0 Å². The first-order valence-corrected chi connectivity index (χ1v) is 6.60. The summed E-state index contributed by atoms with van der Waals surface area (Å²) < 4.78 is 19.5. The zero-order chi connectivity index (χ0) is 13.8. The van der Waals surface area contributed by atoms with E-state index in [4.69, 9.17) is 4.74 Å². The van der Waals surface area contributed by atoms with Crippen LogP contribution in [0.25, 0.3) is 0 Å². The zero-order valence-corrected chi connectivity index (χ0v) is 11.4. The Kier molecular flexibility index (Phi) is 4.74. The average molecular weight is 268 g/mol. The number of aliphatic hydroxyl groups excluding tert-OH is 1. The summed E-state index contributed by atoms with van der Waals surface area (Å²) in [4.78, 5) is 2.04.